The number of nitrogens with one attached hydrogen (secondary N) is 1. The minimum atomic E-state index is -3.56. The zero-order valence-corrected chi connectivity index (χ0v) is 11.0. The van der Waals surface area contributed by atoms with Crippen LogP contribution >= 0.6 is 15.9 Å². The molecule has 0 aliphatic carbocycles. The second-order valence-corrected chi connectivity index (χ2v) is 5.85. The third-order valence-corrected chi connectivity index (χ3v) is 4.48. The summed E-state index contributed by atoms with van der Waals surface area (Å²) in [6.07, 6.45) is 0.143. The smallest absolute Gasteiger partial charge is 0.207 e. The fraction of sp³-hybridized carbons (Fsp3) is 0.300. The lowest BCUT2D eigenvalue weighted by Crippen LogP contribution is -2.32. The van der Waals surface area contributed by atoms with Crippen molar-refractivity contribution < 1.29 is 8.42 Å². The molecule has 86 valence electrons. The molecule has 0 radical (unpaired) electrons. The molecule has 0 heterocycles. The van der Waals surface area contributed by atoms with E-state index in [0.29, 0.717) is 4.47 Å². The van der Waals surface area contributed by atoms with Gasteiger partial charge in [0.1, 0.15) is 0 Å². The molecule has 0 spiro atoms. The lowest BCUT2D eigenvalue weighted by molar-refractivity contribution is 0.562. The molecule has 1 atom stereocenters. The fourth-order valence-corrected chi connectivity index (χ4v) is 3.42. The van der Waals surface area contributed by atoms with Gasteiger partial charge in [-0.25, -0.2) is 13.1 Å². The van der Waals surface area contributed by atoms with Gasteiger partial charge < -0.3 is 0 Å². The minimum absolute atomic E-state index is 0.143. The SMILES string of the molecule is CC(CC#N)NS(=O)(=O)c1ccccc1Br. The highest BCUT2D eigenvalue weighted by atomic mass is 79.9. The number of benzene rings is 1. The van der Waals surface area contributed by atoms with E-state index in [9.17, 15) is 8.42 Å². The normalized spacial score (nSPS) is 13.1. The summed E-state index contributed by atoms with van der Waals surface area (Å²) >= 11 is 3.18. The molecule has 0 bridgehead atoms. The van der Waals surface area contributed by atoms with Crippen molar-refractivity contribution in [1.29, 1.82) is 5.26 Å². The first-order valence-electron chi connectivity index (χ1n) is 4.61. The van der Waals surface area contributed by atoms with Crippen molar-refractivity contribution in [3.8, 4) is 6.07 Å². The molecule has 0 fully saturated rings. The molecule has 16 heavy (non-hydrogen) atoms. The second-order valence-electron chi connectivity index (χ2n) is 3.31. The third kappa shape index (κ3) is 3.30. The zero-order chi connectivity index (χ0) is 12.2. The average molecular weight is 303 g/mol. The van der Waals surface area contributed by atoms with E-state index in [-0.39, 0.29) is 11.3 Å². The number of nitrogens with zero attached hydrogens (tertiary/aromatic N) is 1. The maximum atomic E-state index is 11.9. The van der Waals surface area contributed by atoms with E-state index < -0.39 is 16.1 Å². The molecule has 0 amide bonds. The van der Waals surface area contributed by atoms with E-state index in [1.165, 1.54) is 6.07 Å². The highest BCUT2D eigenvalue weighted by Gasteiger charge is 2.19. The van der Waals surface area contributed by atoms with Crippen LogP contribution in [0.4, 0.5) is 0 Å². The fourth-order valence-electron chi connectivity index (χ4n) is 1.17. The van der Waals surface area contributed by atoms with Gasteiger partial charge in [0.05, 0.1) is 17.4 Å². The Morgan fingerprint density at radius 3 is 2.69 bits per heavy atom. The van der Waals surface area contributed by atoms with Crippen LogP contribution in [-0.4, -0.2) is 14.5 Å². The van der Waals surface area contributed by atoms with Gasteiger partial charge in [-0.05, 0) is 35.0 Å². The van der Waals surface area contributed by atoms with Crippen molar-refractivity contribution in [2.75, 3.05) is 0 Å². The van der Waals surface area contributed by atoms with Gasteiger partial charge in [-0.15, -0.1) is 0 Å². The highest BCUT2D eigenvalue weighted by Crippen LogP contribution is 2.21. The number of rotatable bonds is 4. The Balaban J connectivity index is 2.96. The topological polar surface area (TPSA) is 70.0 Å². The predicted molar refractivity (Wildman–Crippen MR) is 64.2 cm³/mol. The van der Waals surface area contributed by atoms with Crippen LogP contribution in [0.25, 0.3) is 0 Å². The first kappa shape index (κ1) is 13.2. The van der Waals surface area contributed by atoms with Gasteiger partial charge in [0.25, 0.3) is 0 Å². The van der Waals surface area contributed by atoms with E-state index in [0.717, 1.165) is 0 Å². The molecule has 0 aromatic heterocycles. The molecule has 1 N–H and O–H groups in total. The summed E-state index contributed by atoms with van der Waals surface area (Å²) < 4.78 is 26.7. The van der Waals surface area contributed by atoms with Gasteiger partial charge in [0.15, 0.2) is 0 Å². The predicted octanol–water partition coefficient (Wildman–Crippen LogP) is 2.03. The Labute approximate surface area is 103 Å². The maximum absolute atomic E-state index is 11.9. The van der Waals surface area contributed by atoms with Gasteiger partial charge in [-0.1, -0.05) is 12.1 Å². The summed E-state index contributed by atoms with van der Waals surface area (Å²) in [4.78, 5) is 0.180. The zero-order valence-electron chi connectivity index (χ0n) is 8.64. The lowest BCUT2D eigenvalue weighted by atomic mass is 10.3. The van der Waals surface area contributed by atoms with Crippen LogP contribution in [-0.2, 0) is 10.0 Å². The molecule has 6 heteroatoms. The van der Waals surface area contributed by atoms with Crippen LogP contribution in [0.3, 0.4) is 0 Å². The number of sulfonamides is 1. The minimum Gasteiger partial charge on any atom is -0.207 e. The summed E-state index contributed by atoms with van der Waals surface area (Å²) in [5.74, 6) is 0. The third-order valence-electron chi connectivity index (χ3n) is 1.88. The van der Waals surface area contributed by atoms with E-state index in [1.807, 2.05) is 6.07 Å². The largest absolute Gasteiger partial charge is 0.241 e. The van der Waals surface area contributed by atoms with Crippen LogP contribution < -0.4 is 4.72 Å². The van der Waals surface area contributed by atoms with Crippen molar-refractivity contribution >= 4 is 26.0 Å². The van der Waals surface area contributed by atoms with Crippen molar-refractivity contribution in [2.24, 2.45) is 0 Å². The van der Waals surface area contributed by atoms with E-state index in [2.05, 4.69) is 20.7 Å². The number of nitriles is 1. The van der Waals surface area contributed by atoms with Gasteiger partial charge in [0.2, 0.25) is 10.0 Å². The Bertz CT molecular complexity index is 508. The molecule has 1 aromatic carbocycles. The van der Waals surface area contributed by atoms with Crippen LogP contribution in [0, 0.1) is 11.3 Å². The summed E-state index contributed by atoms with van der Waals surface area (Å²) in [5.41, 5.74) is 0. The lowest BCUT2D eigenvalue weighted by Gasteiger charge is -2.11. The molecule has 4 nitrogen and oxygen atoms in total. The highest BCUT2D eigenvalue weighted by molar-refractivity contribution is 9.10. The van der Waals surface area contributed by atoms with Gasteiger partial charge >= 0.3 is 0 Å². The Morgan fingerprint density at radius 1 is 1.50 bits per heavy atom. The summed E-state index contributed by atoms with van der Waals surface area (Å²) in [5, 5.41) is 8.46. The maximum Gasteiger partial charge on any atom is 0.241 e. The van der Waals surface area contributed by atoms with Crippen LogP contribution in [0.5, 0.6) is 0 Å². The first-order chi connectivity index (χ1) is 7.47. The molecule has 1 unspecified atom stereocenters. The second kappa shape index (κ2) is 5.43. The quantitative estimate of drug-likeness (QED) is 0.925. The van der Waals surface area contributed by atoms with Crippen molar-refractivity contribution in [2.45, 2.75) is 24.3 Å². The molecule has 0 aliphatic rings. The summed E-state index contributed by atoms with van der Waals surface area (Å²) in [6, 6.07) is 8.06. The molecular formula is C10H11BrN2O2S. The van der Waals surface area contributed by atoms with E-state index in [4.69, 9.17) is 5.26 Å². The Kier molecular flexibility index (Phi) is 4.47. The van der Waals surface area contributed by atoms with Crippen molar-refractivity contribution in [1.82, 2.24) is 4.72 Å². The molecule has 1 aromatic rings. The molecule has 0 saturated carbocycles. The van der Waals surface area contributed by atoms with Crippen LogP contribution in [0.1, 0.15) is 13.3 Å². The number of hydrogen-bond donors (Lipinski definition) is 1. The Hall–Kier alpha value is -0.900. The molecule has 0 aliphatic heterocycles. The summed E-state index contributed by atoms with van der Waals surface area (Å²) in [6.45, 7) is 1.65. The summed E-state index contributed by atoms with van der Waals surface area (Å²) in [7, 11) is -3.56. The number of hydrogen-bond acceptors (Lipinski definition) is 3. The molecule has 1 rings (SSSR count). The first-order valence-corrected chi connectivity index (χ1v) is 6.89. The Morgan fingerprint density at radius 2 is 2.12 bits per heavy atom. The van der Waals surface area contributed by atoms with Crippen LogP contribution in [0.2, 0.25) is 0 Å². The van der Waals surface area contributed by atoms with Gasteiger partial charge in [-0.2, -0.15) is 5.26 Å². The van der Waals surface area contributed by atoms with Crippen molar-refractivity contribution in [3.05, 3.63) is 28.7 Å². The van der Waals surface area contributed by atoms with Crippen LogP contribution in [0.15, 0.2) is 33.6 Å². The van der Waals surface area contributed by atoms with E-state index in [1.54, 1.807) is 25.1 Å². The molecular weight excluding hydrogens is 292 g/mol. The van der Waals surface area contributed by atoms with E-state index >= 15 is 0 Å². The van der Waals surface area contributed by atoms with Gasteiger partial charge in [0, 0.05) is 10.5 Å². The number of halogens is 1. The standard InChI is InChI=1S/C10H11BrN2O2S/c1-8(6-7-12)13-16(14,15)10-5-3-2-4-9(10)11/h2-5,8,13H,6H2,1H3. The van der Waals surface area contributed by atoms with Crippen molar-refractivity contribution in [3.63, 3.8) is 0 Å². The molecule has 0 saturated heterocycles. The monoisotopic (exact) mass is 302 g/mol. The average Bonchev–Trinajstić information content (AvgIpc) is 2.17. The van der Waals surface area contributed by atoms with Gasteiger partial charge in [-0.3, -0.25) is 0 Å².